The zero-order chi connectivity index (χ0) is 23.2. The number of ether oxygens (including phenoxy) is 3. The number of aromatic nitrogens is 3. The average molecular weight is 453 g/mol. The summed E-state index contributed by atoms with van der Waals surface area (Å²) >= 11 is 0. The van der Waals surface area contributed by atoms with Crippen molar-refractivity contribution in [1.29, 1.82) is 0 Å². The molecule has 0 saturated carbocycles. The minimum Gasteiger partial charge on any atom is -0.467 e. The van der Waals surface area contributed by atoms with E-state index in [0.717, 1.165) is 7.05 Å². The van der Waals surface area contributed by atoms with Crippen LogP contribution in [-0.2, 0) is 14.8 Å². The van der Waals surface area contributed by atoms with Crippen molar-refractivity contribution in [3.05, 3.63) is 29.8 Å². The van der Waals surface area contributed by atoms with Gasteiger partial charge < -0.3 is 14.2 Å². The fourth-order valence-corrected chi connectivity index (χ4v) is 3.43. The third-order valence-corrected chi connectivity index (χ3v) is 5.56. The van der Waals surface area contributed by atoms with Gasteiger partial charge in [0.25, 0.3) is 10.0 Å². The van der Waals surface area contributed by atoms with Gasteiger partial charge in [-0.05, 0) is 18.1 Å². The van der Waals surface area contributed by atoms with Crippen molar-refractivity contribution in [1.82, 2.24) is 19.3 Å². The van der Waals surface area contributed by atoms with Gasteiger partial charge in [-0.25, -0.2) is 22.3 Å². The van der Waals surface area contributed by atoms with Crippen LogP contribution in [0, 0.1) is 5.92 Å². The van der Waals surface area contributed by atoms with Crippen LogP contribution in [0.5, 0.6) is 12.0 Å². The molecule has 0 unspecified atom stereocenters. The first-order valence-electron chi connectivity index (χ1n) is 9.00. The molecule has 13 heteroatoms. The smallest absolute Gasteiger partial charge is 0.339 e. The molecule has 2 amide bonds. The summed E-state index contributed by atoms with van der Waals surface area (Å²) in [6.07, 6.45) is 0. The molecule has 1 aromatic heterocycles. The number of nitrogens with one attached hydrogen (secondary N) is 1. The van der Waals surface area contributed by atoms with Gasteiger partial charge in [0.2, 0.25) is 5.95 Å². The summed E-state index contributed by atoms with van der Waals surface area (Å²) in [4.78, 5) is 36.0. The zero-order valence-corrected chi connectivity index (χ0v) is 18.5. The second-order valence-electron chi connectivity index (χ2n) is 6.52. The van der Waals surface area contributed by atoms with Crippen LogP contribution in [0.4, 0.5) is 10.7 Å². The van der Waals surface area contributed by atoms with Crippen LogP contribution in [0.1, 0.15) is 24.2 Å². The molecule has 0 aliphatic carbocycles. The van der Waals surface area contributed by atoms with Gasteiger partial charge in [-0.2, -0.15) is 9.97 Å². The highest BCUT2D eigenvalue weighted by Crippen LogP contribution is 2.21. The Balaban J connectivity index is 2.30. The average Bonchev–Trinajstić information content (AvgIpc) is 2.76. The molecule has 2 rings (SSSR count). The Kier molecular flexibility index (Phi) is 7.69. The van der Waals surface area contributed by atoms with Gasteiger partial charge in [0.05, 0.1) is 26.4 Å². The minimum atomic E-state index is -4.42. The first-order valence-corrected chi connectivity index (χ1v) is 10.4. The Morgan fingerprint density at radius 2 is 1.65 bits per heavy atom. The minimum absolute atomic E-state index is 0.0653. The maximum atomic E-state index is 13.0. The Morgan fingerprint density at radius 3 is 2.19 bits per heavy atom. The maximum absolute atomic E-state index is 13.0. The molecule has 0 saturated heterocycles. The van der Waals surface area contributed by atoms with Crippen molar-refractivity contribution >= 4 is 28.0 Å². The molecule has 0 bridgehead atoms. The predicted octanol–water partition coefficient (Wildman–Crippen LogP) is 1.55. The van der Waals surface area contributed by atoms with Crippen LogP contribution in [-0.4, -0.2) is 67.5 Å². The molecule has 12 nitrogen and oxygen atoms in total. The van der Waals surface area contributed by atoms with Crippen molar-refractivity contribution in [3.63, 3.8) is 0 Å². The molecule has 0 aliphatic heterocycles. The predicted molar refractivity (Wildman–Crippen MR) is 108 cm³/mol. The van der Waals surface area contributed by atoms with Crippen molar-refractivity contribution in [2.75, 3.05) is 33.2 Å². The lowest BCUT2D eigenvalue weighted by Crippen LogP contribution is -2.37. The summed E-state index contributed by atoms with van der Waals surface area (Å²) in [5, 5.41) is 2.23. The number of carbonyl (C=O) groups excluding carboxylic acids is 2. The lowest BCUT2D eigenvalue weighted by molar-refractivity contribution is 0.0454. The number of nitrogens with zero attached hydrogens (tertiary/aromatic N) is 4. The van der Waals surface area contributed by atoms with Crippen molar-refractivity contribution in [2.45, 2.75) is 18.7 Å². The van der Waals surface area contributed by atoms with Crippen LogP contribution in [0.2, 0.25) is 0 Å². The summed E-state index contributed by atoms with van der Waals surface area (Å²) in [5.41, 5.74) is -0.189. The molecule has 31 heavy (non-hydrogen) atoms. The molecule has 0 atom stereocenters. The zero-order valence-electron chi connectivity index (χ0n) is 17.6. The van der Waals surface area contributed by atoms with Crippen molar-refractivity contribution in [2.24, 2.45) is 5.92 Å². The van der Waals surface area contributed by atoms with E-state index in [9.17, 15) is 18.0 Å². The number of hydrogen-bond donors (Lipinski definition) is 1. The lowest BCUT2D eigenvalue weighted by atomic mass is 10.2. The summed E-state index contributed by atoms with van der Waals surface area (Å²) < 4.78 is 41.4. The van der Waals surface area contributed by atoms with E-state index in [1.165, 1.54) is 38.5 Å². The van der Waals surface area contributed by atoms with Gasteiger partial charge in [-0.1, -0.05) is 26.0 Å². The SMILES string of the molecule is COc1nc(NC(=O)N(C)S(=O)(=O)c2ccccc2C(=O)OCC(C)C)nc(OC)n1. The van der Waals surface area contributed by atoms with Crippen LogP contribution in [0.25, 0.3) is 0 Å². The molecule has 0 spiro atoms. The highest BCUT2D eigenvalue weighted by atomic mass is 32.2. The topological polar surface area (TPSA) is 150 Å². The molecule has 1 heterocycles. The molecule has 0 aliphatic rings. The van der Waals surface area contributed by atoms with Crippen LogP contribution in [0.15, 0.2) is 29.2 Å². The molecule has 1 aromatic carbocycles. The second kappa shape index (κ2) is 10.0. The summed E-state index contributed by atoms with van der Waals surface area (Å²) in [6.45, 7) is 3.81. The molecule has 2 aromatic rings. The van der Waals surface area contributed by atoms with E-state index in [1.54, 1.807) is 0 Å². The van der Waals surface area contributed by atoms with E-state index >= 15 is 0 Å². The normalized spacial score (nSPS) is 11.0. The fraction of sp³-hybridized carbons (Fsp3) is 0.389. The number of urea groups is 1. The first-order chi connectivity index (χ1) is 14.6. The van der Waals surface area contributed by atoms with Crippen LogP contribution >= 0.6 is 0 Å². The van der Waals surface area contributed by atoms with Gasteiger partial charge in [0.15, 0.2) is 0 Å². The fourth-order valence-electron chi connectivity index (χ4n) is 2.19. The number of rotatable bonds is 8. The van der Waals surface area contributed by atoms with E-state index in [0.29, 0.717) is 4.31 Å². The van der Waals surface area contributed by atoms with Gasteiger partial charge >= 0.3 is 24.0 Å². The molecular formula is C18H23N5O7S. The van der Waals surface area contributed by atoms with E-state index < -0.39 is 22.0 Å². The van der Waals surface area contributed by atoms with Crippen molar-refractivity contribution < 1.29 is 32.2 Å². The van der Waals surface area contributed by atoms with E-state index in [2.05, 4.69) is 20.3 Å². The van der Waals surface area contributed by atoms with Crippen molar-refractivity contribution in [3.8, 4) is 12.0 Å². The Bertz CT molecular complexity index is 1040. The number of benzene rings is 1. The largest absolute Gasteiger partial charge is 0.467 e. The van der Waals surface area contributed by atoms with Gasteiger partial charge in [0, 0.05) is 7.05 Å². The number of esters is 1. The molecule has 0 radical (unpaired) electrons. The lowest BCUT2D eigenvalue weighted by Gasteiger charge is -2.19. The Morgan fingerprint density at radius 1 is 1.06 bits per heavy atom. The standard InChI is InChI=1S/C18H23N5O7S/c1-11(2)10-30-14(24)12-8-6-7-9-13(12)31(26,27)23(3)18(25)21-15-19-16(28-4)22-17(20-15)29-5/h6-9,11H,10H2,1-5H3,(H,19,20,21,22,25). The quantitative estimate of drug-likeness (QED) is 0.583. The highest BCUT2D eigenvalue weighted by molar-refractivity contribution is 7.89. The van der Waals surface area contributed by atoms with Crippen LogP contribution in [0.3, 0.4) is 0 Å². The summed E-state index contributed by atoms with van der Waals surface area (Å²) in [5.74, 6) is -1.04. The second-order valence-corrected chi connectivity index (χ2v) is 8.46. The van der Waals surface area contributed by atoms with Crippen LogP contribution < -0.4 is 14.8 Å². The number of hydrogen-bond acceptors (Lipinski definition) is 10. The first kappa shape index (κ1) is 23.8. The number of amides is 2. The maximum Gasteiger partial charge on any atom is 0.339 e. The Labute approximate surface area is 179 Å². The third-order valence-electron chi connectivity index (χ3n) is 3.76. The van der Waals surface area contributed by atoms with Gasteiger partial charge in [-0.15, -0.1) is 4.98 Å². The summed E-state index contributed by atoms with van der Waals surface area (Å²) in [7, 11) is -0.797. The molecule has 0 fully saturated rings. The molecular weight excluding hydrogens is 430 g/mol. The molecule has 168 valence electrons. The highest BCUT2D eigenvalue weighted by Gasteiger charge is 2.31. The van der Waals surface area contributed by atoms with E-state index in [-0.39, 0.29) is 41.0 Å². The number of sulfonamides is 1. The molecule has 1 N–H and O–H groups in total. The van der Waals surface area contributed by atoms with E-state index in [1.807, 2.05) is 13.8 Å². The number of anilines is 1. The number of carbonyl (C=O) groups is 2. The third kappa shape index (κ3) is 5.78. The number of methoxy groups -OCH3 is 2. The van der Waals surface area contributed by atoms with Gasteiger partial charge in [0.1, 0.15) is 4.90 Å². The monoisotopic (exact) mass is 453 g/mol. The van der Waals surface area contributed by atoms with Gasteiger partial charge in [-0.3, -0.25) is 5.32 Å². The summed E-state index contributed by atoms with van der Waals surface area (Å²) in [6, 6.07) is 4.06. The Hall–Kier alpha value is -3.48. The van der Waals surface area contributed by atoms with E-state index in [4.69, 9.17) is 14.2 Å².